The van der Waals surface area contributed by atoms with Crippen LogP contribution in [-0.4, -0.2) is 23.1 Å². The lowest BCUT2D eigenvalue weighted by Crippen LogP contribution is -2.28. The first-order valence-corrected chi connectivity index (χ1v) is 8.32. The molecule has 0 fully saturated rings. The third kappa shape index (κ3) is 5.47. The van der Waals surface area contributed by atoms with Gasteiger partial charge in [-0.2, -0.15) is 13.9 Å². The van der Waals surface area contributed by atoms with Crippen molar-refractivity contribution in [2.24, 2.45) is 10.8 Å². The van der Waals surface area contributed by atoms with E-state index < -0.39 is 41.2 Å². The van der Waals surface area contributed by atoms with Gasteiger partial charge in [0.2, 0.25) is 0 Å². The number of hydrogen-bond acceptors (Lipinski definition) is 6. The van der Waals surface area contributed by atoms with Gasteiger partial charge in [-0.3, -0.25) is 10.4 Å². The van der Waals surface area contributed by atoms with E-state index in [2.05, 4.69) is 15.5 Å². The van der Waals surface area contributed by atoms with E-state index in [1.165, 1.54) is 6.07 Å². The quantitative estimate of drug-likeness (QED) is 0.285. The minimum atomic E-state index is -3.68. The van der Waals surface area contributed by atoms with E-state index in [-0.39, 0.29) is 5.71 Å². The molecule has 10 heteroatoms. The second-order valence-corrected chi connectivity index (χ2v) is 5.92. The van der Waals surface area contributed by atoms with E-state index in [4.69, 9.17) is 16.6 Å². The number of pyridine rings is 1. The minimum Gasteiger partial charge on any atom is -0.405 e. The fraction of sp³-hybridized carbons (Fsp3) is 0.158. The molecule has 0 aliphatic heterocycles. The molecule has 0 radical (unpaired) electrons. The molecule has 1 atom stereocenters. The summed E-state index contributed by atoms with van der Waals surface area (Å²) in [5.41, 5.74) is 6.66. The molecule has 0 saturated carbocycles. The predicted molar refractivity (Wildman–Crippen MR) is 104 cm³/mol. The third-order valence-corrected chi connectivity index (χ3v) is 3.94. The van der Waals surface area contributed by atoms with E-state index in [9.17, 15) is 8.78 Å². The van der Waals surface area contributed by atoms with E-state index in [1.807, 2.05) is 0 Å². The van der Waals surface area contributed by atoms with Crippen LogP contribution in [0.4, 0.5) is 23.2 Å². The Kier molecular flexibility index (Phi) is 7.18. The third-order valence-electron chi connectivity index (χ3n) is 3.94. The average molecular weight is 406 g/mol. The van der Waals surface area contributed by atoms with Crippen LogP contribution in [0.25, 0.3) is 0 Å². The topological polar surface area (TPSA) is 111 Å². The van der Waals surface area contributed by atoms with Crippen LogP contribution >= 0.6 is 0 Å². The second kappa shape index (κ2) is 9.58. The zero-order chi connectivity index (χ0) is 21.4. The van der Waals surface area contributed by atoms with E-state index in [0.29, 0.717) is 11.8 Å². The molecule has 0 amide bonds. The first-order valence-electron chi connectivity index (χ1n) is 8.32. The lowest BCUT2D eigenvalue weighted by molar-refractivity contribution is -0.0373. The van der Waals surface area contributed by atoms with Crippen LogP contribution in [-0.2, 0) is 5.92 Å². The van der Waals surface area contributed by atoms with Gasteiger partial charge in [0.15, 0.2) is 0 Å². The number of hydrazone groups is 1. The summed E-state index contributed by atoms with van der Waals surface area (Å²) < 4.78 is 58.1. The highest BCUT2D eigenvalue weighted by Gasteiger charge is 2.45. The maximum Gasteiger partial charge on any atom is 0.296 e. The Morgan fingerprint density at radius 3 is 2.62 bits per heavy atom. The van der Waals surface area contributed by atoms with Crippen LogP contribution in [0, 0.1) is 22.5 Å². The molecule has 0 aliphatic carbocycles. The molecule has 0 bridgehead atoms. The van der Waals surface area contributed by atoms with Gasteiger partial charge in [-0.1, -0.05) is 6.07 Å². The van der Waals surface area contributed by atoms with Crippen LogP contribution in [0.2, 0.25) is 0 Å². The van der Waals surface area contributed by atoms with Crippen molar-refractivity contribution in [2.75, 3.05) is 5.43 Å². The van der Waals surface area contributed by atoms with Gasteiger partial charge in [-0.25, -0.2) is 8.78 Å². The lowest BCUT2D eigenvalue weighted by atomic mass is 9.85. The Balaban J connectivity index is 2.42. The Bertz CT molecular complexity index is 925. The highest BCUT2D eigenvalue weighted by molar-refractivity contribution is 6.14. The summed E-state index contributed by atoms with van der Waals surface area (Å²) in [5, 5.41) is 18.2. The molecule has 1 aromatic carbocycles. The summed E-state index contributed by atoms with van der Waals surface area (Å²) in [7, 11) is 0. The van der Waals surface area contributed by atoms with Gasteiger partial charge in [-0.15, -0.1) is 0 Å². The maximum absolute atomic E-state index is 15.3. The smallest absolute Gasteiger partial charge is 0.296 e. The number of hydrogen-bond donors (Lipinski definition) is 4. The van der Waals surface area contributed by atoms with Gasteiger partial charge in [0, 0.05) is 24.4 Å². The lowest BCUT2D eigenvalue weighted by Gasteiger charge is -2.27. The highest BCUT2D eigenvalue weighted by atomic mass is 19.3. The molecule has 0 aliphatic rings. The zero-order valence-electron chi connectivity index (χ0n) is 15.0. The SMILES string of the molecule is N=C/C=N\Nc1ccc(C(F)(F)C(CC(=N)/C=C\N)c2ccc(F)cc2F)nc1. The largest absolute Gasteiger partial charge is 0.405 e. The maximum atomic E-state index is 15.3. The van der Waals surface area contributed by atoms with Gasteiger partial charge in [0.05, 0.1) is 24.0 Å². The molecule has 5 N–H and O–H groups in total. The van der Waals surface area contributed by atoms with E-state index in [1.54, 1.807) is 0 Å². The molecule has 1 unspecified atom stereocenters. The first-order chi connectivity index (χ1) is 13.8. The van der Waals surface area contributed by atoms with Crippen LogP contribution in [0.1, 0.15) is 23.6 Å². The van der Waals surface area contributed by atoms with Crippen molar-refractivity contribution in [1.29, 1.82) is 10.8 Å². The standard InChI is InChI=1S/C19H18F4N6/c20-12-1-3-15(17(21)9-12)16(10-13(26)5-6-24)19(22,23)18-4-2-14(11-27-18)29-28-8-7-25/h1-9,11,16,25-26,29H,10,24H2/b6-5-,25-7?,26-13?,28-8-. The van der Waals surface area contributed by atoms with Crippen molar-refractivity contribution in [3.63, 3.8) is 0 Å². The van der Waals surface area contributed by atoms with Crippen molar-refractivity contribution in [1.82, 2.24) is 4.98 Å². The zero-order valence-corrected chi connectivity index (χ0v) is 15.0. The Hall–Kier alpha value is -3.56. The summed E-state index contributed by atoms with van der Waals surface area (Å²) in [4.78, 5) is 3.72. The van der Waals surface area contributed by atoms with Gasteiger partial charge >= 0.3 is 0 Å². The van der Waals surface area contributed by atoms with Crippen LogP contribution in [0.5, 0.6) is 0 Å². The number of halogens is 4. The van der Waals surface area contributed by atoms with Gasteiger partial charge in [-0.05, 0) is 36.0 Å². The fourth-order valence-electron chi connectivity index (χ4n) is 2.61. The molecular formula is C19H18F4N6. The fourth-order valence-corrected chi connectivity index (χ4v) is 2.61. The van der Waals surface area contributed by atoms with Crippen molar-refractivity contribution in [2.45, 2.75) is 18.3 Å². The number of nitrogens with zero attached hydrogens (tertiary/aromatic N) is 2. The number of alkyl halides is 2. The van der Waals surface area contributed by atoms with Crippen LogP contribution in [0.3, 0.4) is 0 Å². The minimum absolute atomic E-state index is 0.250. The summed E-state index contributed by atoms with van der Waals surface area (Å²) in [6.07, 6.45) is 4.77. The molecule has 0 spiro atoms. The molecule has 0 saturated heterocycles. The Morgan fingerprint density at radius 1 is 1.28 bits per heavy atom. The van der Waals surface area contributed by atoms with Gasteiger partial charge in [0.1, 0.15) is 17.3 Å². The number of allylic oxidation sites excluding steroid dienone is 1. The molecule has 29 heavy (non-hydrogen) atoms. The number of rotatable bonds is 9. The molecular weight excluding hydrogens is 388 g/mol. The summed E-state index contributed by atoms with van der Waals surface area (Å²) >= 11 is 0. The van der Waals surface area contributed by atoms with Crippen molar-refractivity contribution in [3.05, 3.63) is 71.7 Å². The van der Waals surface area contributed by atoms with E-state index in [0.717, 1.165) is 49.1 Å². The van der Waals surface area contributed by atoms with Crippen molar-refractivity contribution < 1.29 is 17.6 Å². The van der Waals surface area contributed by atoms with Crippen molar-refractivity contribution in [3.8, 4) is 0 Å². The number of benzene rings is 1. The Morgan fingerprint density at radius 2 is 2.03 bits per heavy atom. The molecule has 152 valence electrons. The Labute approximate surface area is 164 Å². The monoisotopic (exact) mass is 406 g/mol. The summed E-state index contributed by atoms with van der Waals surface area (Å²) in [6, 6.07) is 4.67. The molecule has 2 rings (SSSR count). The van der Waals surface area contributed by atoms with Crippen molar-refractivity contribution >= 4 is 23.8 Å². The number of nitrogens with one attached hydrogen (secondary N) is 3. The summed E-state index contributed by atoms with van der Waals surface area (Å²) in [6.45, 7) is 0. The van der Waals surface area contributed by atoms with Crippen LogP contribution < -0.4 is 11.2 Å². The van der Waals surface area contributed by atoms with Gasteiger partial charge < -0.3 is 16.6 Å². The molecule has 1 aromatic heterocycles. The van der Waals surface area contributed by atoms with Gasteiger partial charge in [0.25, 0.3) is 5.92 Å². The normalized spacial score (nSPS) is 13.0. The van der Waals surface area contributed by atoms with Crippen LogP contribution in [0.15, 0.2) is 53.9 Å². The molecule has 6 nitrogen and oxygen atoms in total. The predicted octanol–water partition coefficient (Wildman–Crippen LogP) is 4.16. The first kappa shape index (κ1) is 21.7. The number of anilines is 1. The molecule has 1 heterocycles. The average Bonchev–Trinajstić information content (AvgIpc) is 2.67. The number of nitrogens with two attached hydrogens (primary N) is 1. The highest BCUT2D eigenvalue weighted by Crippen LogP contribution is 2.44. The second-order valence-electron chi connectivity index (χ2n) is 5.92. The molecule has 2 aromatic rings. The number of aromatic nitrogens is 1. The van der Waals surface area contributed by atoms with E-state index >= 15 is 8.78 Å². The summed E-state index contributed by atoms with van der Waals surface area (Å²) in [5.74, 6) is -7.53.